The molecule has 1 heterocycles. The number of rotatable bonds is 1. The van der Waals surface area contributed by atoms with Gasteiger partial charge in [-0.05, 0) is 11.6 Å². The fraction of sp³-hybridized carbons (Fsp3) is 0.333. The Hall–Kier alpha value is -1.02. The molecule has 2 rings (SSSR count). The van der Waals surface area contributed by atoms with E-state index in [0.717, 1.165) is 12.1 Å². The summed E-state index contributed by atoms with van der Waals surface area (Å²) in [6, 6.07) is 8.15. The largest absolute Gasteiger partial charge is 0.359 e. The molecule has 11 heavy (non-hydrogen) atoms. The van der Waals surface area contributed by atoms with Gasteiger partial charge >= 0.3 is 0 Å². The van der Waals surface area contributed by atoms with Crippen LogP contribution < -0.4 is 5.32 Å². The quantitative estimate of drug-likeness (QED) is 0.591. The normalized spacial score (nSPS) is 21.0. The first kappa shape index (κ1) is 6.68. The first-order chi connectivity index (χ1) is 5.40. The van der Waals surface area contributed by atoms with Gasteiger partial charge in [0.25, 0.3) is 0 Å². The average molecular weight is 148 g/mol. The Bertz CT molecular complexity index is 234. The van der Waals surface area contributed by atoms with Gasteiger partial charge in [0.15, 0.2) is 6.23 Å². The molecule has 0 saturated heterocycles. The van der Waals surface area contributed by atoms with Crippen LogP contribution in [0.15, 0.2) is 24.3 Å². The van der Waals surface area contributed by atoms with Crippen molar-refractivity contribution in [2.45, 2.75) is 12.6 Å². The van der Waals surface area contributed by atoms with Gasteiger partial charge in [0.2, 0.25) is 0 Å². The van der Waals surface area contributed by atoms with Crippen LogP contribution in [-0.2, 0) is 11.2 Å². The van der Waals surface area contributed by atoms with Gasteiger partial charge in [0.05, 0.1) is 5.69 Å². The number of nitrogens with zero attached hydrogens (tertiary/aromatic N) is 1. The van der Waals surface area contributed by atoms with Crippen molar-refractivity contribution in [3.8, 4) is 0 Å². The van der Waals surface area contributed by atoms with Gasteiger partial charge in [-0.1, -0.05) is 18.2 Å². The number of fused-ring (bicyclic) bond motifs is 1. The second-order valence-electron chi connectivity index (χ2n) is 2.65. The van der Waals surface area contributed by atoms with Crippen molar-refractivity contribution in [3.63, 3.8) is 0 Å². The van der Waals surface area contributed by atoms with Crippen molar-refractivity contribution in [2.24, 2.45) is 0 Å². The third-order valence-electron chi connectivity index (χ3n) is 1.94. The SMILES string of the molecule is COC1Cc2ccccc2[N]1. The van der Waals surface area contributed by atoms with Crippen LogP contribution in [0.1, 0.15) is 5.56 Å². The average Bonchev–Trinajstić information content (AvgIpc) is 2.46. The van der Waals surface area contributed by atoms with E-state index in [1.807, 2.05) is 18.2 Å². The fourth-order valence-electron chi connectivity index (χ4n) is 1.33. The Kier molecular flexibility index (Phi) is 1.55. The second kappa shape index (κ2) is 2.55. The summed E-state index contributed by atoms with van der Waals surface area (Å²) >= 11 is 0. The van der Waals surface area contributed by atoms with E-state index >= 15 is 0 Å². The smallest absolute Gasteiger partial charge is 0.152 e. The van der Waals surface area contributed by atoms with E-state index in [-0.39, 0.29) is 6.23 Å². The molecule has 0 aliphatic carbocycles. The number of hydrogen-bond acceptors (Lipinski definition) is 1. The molecule has 0 saturated carbocycles. The van der Waals surface area contributed by atoms with E-state index in [1.165, 1.54) is 5.56 Å². The number of ether oxygens (including phenoxy) is 1. The minimum atomic E-state index is 0.0485. The van der Waals surface area contributed by atoms with Crippen LogP contribution >= 0.6 is 0 Å². The zero-order valence-electron chi connectivity index (χ0n) is 6.45. The molecule has 2 heteroatoms. The van der Waals surface area contributed by atoms with Crippen LogP contribution in [0.25, 0.3) is 0 Å². The molecular formula is C9H10NO. The third-order valence-corrected chi connectivity index (χ3v) is 1.94. The van der Waals surface area contributed by atoms with Crippen LogP contribution in [0, 0.1) is 0 Å². The Morgan fingerprint density at radius 1 is 1.45 bits per heavy atom. The maximum absolute atomic E-state index is 5.13. The van der Waals surface area contributed by atoms with E-state index < -0.39 is 0 Å². The topological polar surface area (TPSA) is 23.3 Å². The molecule has 1 atom stereocenters. The van der Waals surface area contributed by atoms with Crippen LogP contribution in [-0.4, -0.2) is 13.3 Å². The van der Waals surface area contributed by atoms with Crippen LogP contribution in [0.2, 0.25) is 0 Å². The zero-order valence-corrected chi connectivity index (χ0v) is 6.45. The molecule has 1 aliphatic heterocycles. The monoisotopic (exact) mass is 148 g/mol. The predicted octanol–water partition coefficient (Wildman–Crippen LogP) is 1.45. The van der Waals surface area contributed by atoms with Crippen molar-refractivity contribution < 1.29 is 4.74 Å². The molecule has 1 radical (unpaired) electrons. The maximum Gasteiger partial charge on any atom is 0.152 e. The van der Waals surface area contributed by atoms with Crippen molar-refractivity contribution in [1.82, 2.24) is 5.32 Å². The summed E-state index contributed by atoms with van der Waals surface area (Å²) < 4.78 is 5.13. The second-order valence-corrected chi connectivity index (χ2v) is 2.65. The lowest BCUT2D eigenvalue weighted by atomic mass is 10.2. The number of methoxy groups -OCH3 is 1. The van der Waals surface area contributed by atoms with Gasteiger partial charge in [-0.25, -0.2) is 0 Å². The molecule has 0 aromatic heterocycles. The Labute approximate surface area is 66.2 Å². The Balaban J connectivity index is 2.27. The molecule has 0 amide bonds. The van der Waals surface area contributed by atoms with Crippen molar-refractivity contribution in [3.05, 3.63) is 29.8 Å². The van der Waals surface area contributed by atoms with Gasteiger partial charge in [0, 0.05) is 13.5 Å². The molecule has 0 bridgehead atoms. The van der Waals surface area contributed by atoms with Crippen LogP contribution in [0.4, 0.5) is 5.69 Å². The summed E-state index contributed by atoms with van der Waals surface area (Å²) in [5.74, 6) is 0. The van der Waals surface area contributed by atoms with Crippen molar-refractivity contribution >= 4 is 5.69 Å². The molecule has 0 fully saturated rings. The minimum Gasteiger partial charge on any atom is -0.359 e. The van der Waals surface area contributed by atoms with Gasteiger partial charge in [-0.3, -0.25) is 5.32 Å². The van der Waals surface area contributed by atoms with E-state index in [2.05, 4.69) is 11.4 Å². The molecule has 1 aliphatic rings. The number of para-hydroxylation sites is 1. The summed E-state index contributed by atoms with van der Waals surface area (Å²) in [5.41, 5.74) is 2.37. The molecule has 57 valence electrons. The minimum absolute atomic E-state index is 0.0485. The van der Waals surface area contributed by atoms with E-state index in [4.69, 9.17) is 4.74 Å². The van der Waals surface area contributed by atoms with Gasteiger partial charge in [-0.2, -0.15) is 0 Å². The lowest BCUT2D eigenvalue weighted by molar-refractivity contribution is 0.0938. The first-order valence-electron chi connectivity index (χ1n) is 3.71. The van der Waals surface area contributed by atoms with Crippen LogP contribution in [0.5, 0.6) is 0 Å². The Morgan fingerprint density at radius 2 is 2.27 bits per heavy atom. The van der Waals surface area contributed by atoms with Gasteiger partial charge in [-0.15, -0.1) is 0 Å². The maximum atomic E-state index is 5.13. The number of hydrogen-bond donors (Lipinski definition) is 0. The van der Waals surface area contributed by atoms with Crippen LogP contribution in [0.3, 0.4) is 0 Å². The molecule has 2 nitrogen and oxygen atoms in total. The molecule has 0 N–H and O–H groups in total. The fourth-order valence-corrected chi connectivity index (χ4v) is 1.33. The van der Waals surface area contributed by atoms with E-state index in [0.29, 0.717) is 0 Å². The molecule has 1 unspecified atom stereocenters. The zero-order chi connectivity index (χ0) is 7.68. The highest BCUT2D eigenvalue weighted by Crippen LogP contribution is 2.25. The van der Waals surface area contributed by atoms with Gasteiger partial charge < -0.3 is 4.74 Å². The highest BCUT2D eigenvalue weighted by atomic mass is 16.5. The molecule has 1 aromatic carbocycles. The van der Waals surface area contributed by atoms with Crippen molar-refractivity contribution in [2.75, 3.05) is 7.11 Å². The highest BCUT2D eigenvalue weighted by Gasteiger charge is 2.20. The molecular weight excluding hydrogens is 138 g/mol. The summed E-state index contributed by atoms with van der Waals surface area (Å²) in [6.45, 7) is 0. The predicted molar refractivity (Wildman–Crippen MR) is 42.7 cm³/mol. The molecule has 0 spiro atoms. The Morgan fingerprint density at radius 3 is 3.00 bits per heavy atom. The lowest BCUT2D eigenvalue weighted by Gasteiger charge is -2.03. The highest BCUT2D eigenvalue weighted by molar-refractivity contribution is 5.48. The summed E-state index contributed by atoms with van der Waals surface area (Å²) in [4.78, 5) is 0. The lowest BCUT2D eigenvalue weighted by Crippen LogP contribution is -2.15. The van der Waals surface area contributed by atoms with Crippen molar-refractivity contribution in [1.29, 1.82) is 0 Å². The molecule has 1 aromatic rings. The summed E-state index contributed by atoms with van der Waals surface area (Å²) in [7, 11) is 1.69. The van der Waals surface area contributed by atoms with E-state index in [9.17, 15) is 0 Å². The van der Waals surface area contributed by atoms with Gasteiger partial charge in [0.1, 0.15) is 0 Å². The summed E-state index contributed by atoms with van der Waals surface area (Å²) in [5, 5.41) is 4.35. The number of benzene rings is 1. The first-order valence-corrected chi connectivity index (χ1v) is 3.71. The summed E-state index contributed by atoms with van der Waals surface area (Å²) in [6.07, 6.45) is 0.972. The third kappa shape index (κ3) is 1.10. The van der Waals surface area contributed by atoms with E-state index in [1.54, 1.807) is 7.11 Å². The standard InChI is InChI=1S/C9H10NO/c1-11-9-6-7-4-2-3-5-8(7)10-9/h2-5,9H,6H2,1H3.